The number of allylic oxidation sites excluding steroid dienone is 21. The Bertz CT molecular complexity index is 1470. The van der Waals surface area contributed by atoms with Gasteiger partial charge in [-0.25, -0.2) is 0 Å². The number of nitrogens with one attached hydrogen (secondary N) is 1. The highest BCUT2D eigenvalue weighted by Crippen LogP contribution is 2.15. The third kappa shape index (κ3) is 48.5. The van der Waals surface area contributed by atoms with Gasteiger partial charge in [0.2, 0.25) is 5.91 Å². The smallest absolute Gasteiger partial charge is 0.306 e. The minimum absolute atomic E-state index is 0.0695. The molecule has 0 aromatic rings. The SMILES string of the molecule is CC/C=C\C/C=C\C/C=C\C/C=C\C/C=C\C/C=C\C(CC(=O)NC(CO)C(O)CCCCCCCCCCCCCCC)OC(=O)CCCCC/C=C\C/C=C\C/C=C\C/C=C\C/C=C\CC. The number of hydrogen-bond acceptors (Lipinski definition) is 5. The maximum Gasteiger partial charge on any atom is 0.306 e. The maximum absolute atomic E-state index is 13.2. The van der Waals surface area contributed by atoms with E-state index in [1.165, 1.54) is 64.2 Å². The van der Waals surface area contributed by atoms with Crippen molar-refractivity contribution in [3.63, 3.8) is 0 Å². The lowest BCUT2D eigenvalue weighted by atomic mass is 10.0. The molecule has 0 bridgehead atoms. The first-order chi connectivity index (χ1) is 33.5. The molecule has 3 atom stereocenters. The lowest BCUT2D eigenvalue weighted by Gasteiger charge is -2.23. The Kier molecular flexibility index (Phi) is 50.8. The second-order valence-electron chi connectivity index (χ2n) is 17.9. The van der Waals surface area contributed by atoms with E-state index < -0.39 is 18.2 Å². The summed E-state index contributed by atoms with van der Waals surface area (Å²) in [5.41, 5.74) is 0. The molecule has 0 aromatic carbocycles. The van der Waals surface area contributed by atoms with E-state index in [1.807, 2.05) is 6.08 Å². The molecule has 0 fully saturated rings. The number of amides is 1. The van der Waals surface area contributed by atoms with Gasteiger partial charge in [0.15, 0.2) is 0 Å². The standard InChI is InChI=1S/C62H101NO5/c1-4-7-10-13-16-19-22-25-27-29-30-32-34-37-40-43-46-49-52-55-62(67)68-58(53-50-47-44-41-38-36-33-31-28-26-23-20-17-14-11-8-5-2)56-61(66)63-59(57-64)60(65)54-51-48-45-42-39-35-24-21-18-15-12-9-6-3/h7-8,10-11,16-17,19-20,25-28,30,32-33,36-37,40-41,44,50,53,58-60,64-65H,4-6,9,12-15,18,21-24,29,31,34-35,38-39,42-43,45-49,51-52,54-57H2,1-3H3,(H,63,66)/b10-7-,11-8-,19-16-,20-17-,27-25-,28-26-,32-30-,36-33-,40-37-,44-41-,53-50-. The van der Waals surface area contributed by atoms with Crippen LogP contribution in [-0.2, 0) is 14.3 Å². The molecule has 3 N–H and O–H groups in total. The number of esters is 1. The summed E-state index contributed by atoms with van der Waals surface area (Å²) in [6.07, 6.45) is 76.8. The van der Waals surface area contributed by atoms with Crippen molar-refractivity contribution in [2.45, 2.75) is 238 Å². The van der Waals surface area contributed by atoms with Gasteiger partial charge in [0, 0.05) is 6.42 Å². The molecule has 3 unspecified atom stereocenters. The van der Waals surface area contributed by atoms with E-state index in [9.17, 15) is 19.8 Å². The molecule has 0 radical (unpaired) electrons. The molecular formula is C62H101NO5. The van der Waals surface area contributed by atoms with E-state index in [1.54, 1.807) is 6.08 Å². The fourth-order valence-corrected chi connectivity index (χ4v) is 7.39. The van der Waals surface area contributed by atoms with Gasteiger partial charge in [-0.3, -0.25) is 9.59 Å². The van der Waals surface area contributed by atoms with Crippen molar-refractivity contribution in [3.8, 4) is 0 Å². The Balaban J connectivity index is 4.84. The number of carbonyl (C=O) groups is 2. The molecule has 0 rings (SSSR count). The van der Waals surface area contributed by atoms with Gasteiger partial charge in [-0.2, -0.15) is 0 Å². The zero-order chi connectivity index (χ0) is 49.5. The average Bonchev–Trinajstić information content (AvgIpc) is 3.33. The monoisotopic (exact) mass is 940 g/mol. The Labute approximate surface area is 418 Å². The number of ether oxygens (including phenoxy) is 1. The lowest BCUT2D eigenvalue weighted by molar-refractivity contribution is -0.148. The van der Waals surface area contributed by atoms with E-state index in [0.29, 0.717) is 19.3 Å². The van der Waals surface area contributed by atoms with Crippen LogP contribution in [0.15, 0.2) is 134 Å². The minimum atomic E-state index is -0.835. The summed E-state index contributed by atoms with van der Waals surface area (Å²) in [7, 11) is 0. The average molecular weight is 940 g/mol. The van der Waals surface area contributed by atoms with Crippen LogP contribution in [0.2, 0.25) is 0 Å². The topological polar surface area (TPSA) is 95.9 Å². The number of hydrogen-bond donors (Lipinski definition) is 3. The quantitative estimate of drug-likeness (QED) is 0.0321. The van der Waals surface area contributed by atoms with Crippen LogP contribution in [-0.4, -0.2) is 46.9 Å². The molecule has 0 aliphatic rings. The number of carbonyl (C=O) groups excluding carboxylic acids is 2. The van der Waals surface area contributed by atoms with Gasteiger partial charge in [0.1, 0.15) is 6.10 Å². The molecule has 0 heterocycles. The highest BCUT2D eigenvalue weighted by Gasteiger charge is 2.23. The zero-order valence-corrected chi connectivity index (χ0v) is 43.7. The highest BCUT2D eigenvalue weighted by atomic mass is 16.5. The summed E-state index contributed by atoms with van der Waals surface area (Å²) in [5.74, 6) is -0.679. The van der Waals surface area contributed by atoms with Crippen molar-refractivity contribution in [2.24, 2.45) is 0 Å². The Morgan fingerprint density at radius 2 is 0.824 bits per heavy atom. The molecule has 6 nitrogen and oxygen atoms in total. The third-order valence-electron chi connectivity index (χ3n) is 11.5. The predicted molar refractivity (Wildman–Crippen MR) is 296 cm³/mol. The normalized spacial score (nSPS) is 14.2. The zero-order valence-electron chi connectivity index (χ0n) is 43.7. The van der Waals surface area contributed by atoms with Gasteiger partial charge in [0.25, 0.3) is 0 Å². The van der Waals surface area contributed by atoms with Gasteiger partial charge in [0.05, 0.1) is 25.2 Å². The van der Waals surface area contributed by atoms with E-state index >= 15 is 0 Å². The third-order valence-corrected chi connectivity index (χ3v) is 11.5. The molecule has 68 heavy (non-hydrogen) atoms. The molecule has 1 amide bonds. The van der Waals surface area contributed by atoms with Crippen molar-refractivity contribution in [1.29, 1.82) is 0 Å². The Morgan fingerprint density at radius 3 is 1.24 bits per heavy atom. The molecule has 0 aliphatic heterocycles. The fraction of sp³-hybridized carbons (Fsp3) is 0.613. The van der Waals surface area contributed by atoms with Crippen LogP contribution >= 0.6 is 0 Å². The highest BCUT2D eigenvalue weighted by molar-refractivity contribution is 5.78. The van der Waals surface area contributed by atoms with Gasteiger partial charge >= 0.3 is 5.97 Å². The van der Waals surface area contributed by atoms with Crippen molar-refractivity contribution in [2.75, 3.05) is 6.61 Å². The molecule has 0 aromatic heterocycles. The first-order valence-electron chi connectivity index (χ1n) is 27.4. The summed E-state index contributed by atoms with van der Waals surface area (Å²) in [6.45, 7) is 6.21. The Hall–Kier alpha value is -4.00. The van der Waals surface area contributed by atoms with Crippen molar-refractivity contribution in [3.05, 3.63) is 134 Å². The lowest BCUT2D eigenvalue weighted by Crippen LogP contribution is -2.46. The van der Waals surface area contributed by atoms with Gasteiger partial charge in [-0.05, 0) is 102 Å². The van der Waals surface area contributed by atoms with E-state index in [-0.39, 0.29) is 24.9 Å². The predicted octanol–water partition coefficient (Wildman–Crippen LogP) is 17.0. The van der Waals surface area contributed by atoms with Crippen LogP contribution in [0, 0.1) is 0 Å². The molecule has 0 spiro atoms. The van der Waals surface area contributed by atoms with Crippen molar-refractivity contribution < 1.29 is 24.5 Å². The van der Waals surface area contributed by atoms with Gasteiger partial charge in [-0.15, -0.1) is 0 Å². The van der Waals surface area contributed by atoms with E-state index in [2.05, 4.69) is 148 Å². The fourth-order valence-electron chi connectivity index (χ4n) is 7.39. The minimum Gasteiger partial charge on any atom is -0.458 e. The van der Waals surface area contributed by atoms with Crippen LogP contribution in [0.1, 0.15) is 220 Å². The number of unbranched alkanes of at least 4 members (excludes halogenated alkanes) is 15. The molecule has 6 heteroatoms. The first-order valence-corrected chi connectivity index (χ1v) is 27.4. The first kappa shape index (κ1) is 64.0. The molecular weight excluding hydrogens is 839 g/mol. The largest absolute Gasteiger partial charge is 0.458 e. The Morgan fingerprint density at radius 1 is 0.456 bits per heavy atom. The van der Waals surface area contributed by atoms with E-state index in [0.717, 1.165) is 109 Å². The van der Waals surface area contributed by atoms with Crippen molar-refractivity contribution >= 4 is 11.9 Å². The van der Waals surface area contributed by atoms with Gasteiger partial charge < -0.3 is 20.3 Å². The summed E-state index contributed by atoms with van der Waals surface area (Å²) >= 11 is 0. The number of rotatable bonds is 47. The summed E-state index contributed by atoms with van der Waals surface area (Å²) in [4.78, 5) is 26.2. The van der Waals surface area contributed by atoms with Crippen molar-refractivity contribution in [1.82, 2.24) is 5.32 Å². The van der Waals surface area contributed by atoms with Crippen LogP contribution in [0.3, 0.4) is 0 Å². The summed E-state index contributed by atoms with van der Waals surface area (Å²) < 4.78 is 5.82. The summed E-state index contributed by atoms with van der Waals surface area (Å²) in [6, 6.07) is -0.760. The maximum atomic E-state index is 13.2. The molecule has 0 saturated carbocycles. The van der Waals surface area contributed by atoms with Gasteiger partial charge in [-0.1, -0.05) is 238 Å². The van der Waals surface area contributed by atoms with Crippen LogP contribution in [0.4, 0.5) is 0 Å². The second kappa shape index (κ2) is 53.9. The molecule has 0 aliphatic carbocycles. The summed E-state index contributed by atoms with van der Waals surface area (Å²) in [5, 5.41) is 23.8. The number of aliphatic hydroxyl groups excluding tert-OH is 2. The number of aliphatic hydroxyl groups is 2. The van der Waals surface area contributed by atoms with Crippen LogP contribution in [0.25, 0.3) is 0 Å². The van der Waals surface area contributed by atoms with E-state index in [4.69, 9.17) is 4.74 Å². The van der Waals surface area contributed by atoms with Crippen LogP contribution in [0.5, 0.6) is 0 Å². The second-order valence-corrected chi connectivity index (χ2v) is 17.9. The molecule has 0 saturated heterocycles. The molecule has 384 valence electrons. The van der Waals surface area contributed by atoms with Crippen LogP contribution < -0.4 is 5.32 Å².